The van der Waals surface area contributed by atoms with Crippen LogP contribution in [0.5, 0.6) is 0 Å². The van der Waals surface area contributed by atoms with Crippen molar-refractivity contribution in [1.29, 1.82) is 0 Å². The average molecular weight is 393 g/mol. The van der Waals surface area contributed by atoms with E-state index in [1.807, 2.05) is 19.9 Å². The quantitative estimate of drug-likeness (QED) is 0.575. The number of halogens is 3. The molecule has 3 rings (SSSR count). The molecule has 1 atom stereocenters. The van der Waals surface area contributed by atoms with Crippen molar-refractivity contribution in [3.05, 3.63) is 41.6 Å². The molecule has 1 aromatic carbocycles. The Hall–Kier alpha value is -2.11. The van der Waals surface area contributed by atoms with Crippen molar-refractivity contribution in [1.82, 2.24) is 4.98 Å². The summed E-state index contributed by atoms with van der Waals surface area (Å²) in [5.41, 5.74) is 0.876. The molecule has 2 aromatic rings. The molecule has 0 aliphatic heterocycles. The predicted octanol–water partition coefficient (Wildman–Crippen LogP) is 6.12. The second-order valence-corrected chi connectivity index (χ2v) is 7.51. The van der Waals surface area contributed by atoms with Gasteiger partial charge in [0.05, 0.1) is 23.6 Å². The van der Waals surface area contributed by atoms with E-state index in [4.69, 9.17) is 4.74 Å². The van der Waals surface area contributed by atoms with Crippen LogP contribution >= 0.6 is 0 Å². The fourth-order valence-corrected chi connectivity index (χ4v) is 4.47. The van der Waals surface area contributed by atoms with E-state index >= 15 is 0 Å². The molecule has 0 bridgehead atoms. The molecule has 1 heterocycles. The summed E-state index contributed by atoms with van der Waals surface area (Å²) in [7, 11) is 0. The number of hydrogen-bond donors (Lipinski definition) is 0. The first-order valence-electron chi connectivity index (χ1n) is 9.97. The van der Waals surface area contributed by atoms with Crippen LogP contribution in [0.3, 0.4) is 0 Å². The van der Waals surface area contributed by atoms with E-state index in [0.29, 0.717) is 17.5 Å². The number of esters is 1. The summed E-state index contributed by atoms with van der Waals surface area (Å²) in [5, 5.41) is 0.582. The molecule has 0 N–H and O–H groups in total. The fourth-order valence-electron chi connectivity index (χ4n) is 4.47. The highest BCUT2D eigenvalue weighted by atomic mass is 19.4. The van der Waals surface area contributed by atoms with Crippen LogP contribution in [0.25, 0.3) is 10.9 Å². The molecular weight excluding hydrogens is 367 g/mol. The summed E-state index contributed by atoms with van der Waals surface area (Å²) in [6.45, 7) is 4.20. The third-order valence-electron chi connectivity index (χ3n) is 5.91. The molecular formula is C22H26F3NO2. The van der Waals surface area contributed by atoms with Crippen molar-refractivity contribution in [2.45, 2.75) is 58.0 Å². The minimum atomic E-state index is -4.37. The first-order chi connectivity index (χ1) is 13.3. The number of alkyl halides is 3. The van der Waals surface area contributed by atoms with Gasteiger partial charge in [0.1, 0.15) is 0 Å². The van der Waals surface area contributed by atoms with Crippen molar-refractivity contribution >= 4 is 16.9 Å². The predicted molar refractivity (Wildman–Crippen MR) is 102 cm³/mol. The molecule has 1 aliphatic rings. The van der Waals surface area contributed by atoms with E-state index in [1.165, 1.54) is 12.1 Å². The van der Waals surface area contributed by atoms with Gasteiger partial charge in [0.15, 0.2) is 0 Å². The smallest absolute Gasteiger partial charge is 0.416 e. The van der Waals surface area contributed by atoms with Gasteiger partial charge in [-0.05, 0) is 80.7 Å². The van der Waals surface area contributed by atoms with E-state index < -0.39 is 11.7 Å². The molecule has 0 amide bonds. The molecule has 152 valence electrons. The van der Waals surface area contributed by atoms with Gasteiger partial charge < -0.3 is 4.74 Å². The van der Waals surface area contributed by atoms with Crippen LogP contribution < -0.4 is 0 Å². The van der Waals surface area contributed by atoms with Gasteiger partial charge in [-0.3, -0.25) is 9.78 Å². The van der Waals surface area contributed by atoms with Gasteiger partial charge in [-0.15, -0.1) is 0 Å². The minimum absolute atomic E-state index is 0.0908. The van der Waals surface area contributed by atoms with Crippen LogP contribution in [0.15, 0.2) is 30.5 Å². The molecule has 1 saturated carbocycles. The Bertz CT molecular complexity index is 826. The van der Waals surface area contributed by atoms with Crippen molar-refractivity contribution < 1.29 is 22.7 Å². The molecule has 0 saturated heterocycles. The van der Waals surface area contributed by atoms with E-state index in [1.54, 1.807) is 6.20 Å². The van der Waals surface area contributed by atoms with Crippen molar-refractivity contribution in [2.75, 3.05) is 6.61 Å². The van der Waals surface area contributed by atoms with Gasteiger partial charge in [0.2, 0.25) is 0 Å². The summed E-state index contributed by atoms with van der Waals surface area (Å²) in [6.07, 6.45) is 1.53. The number of aromatic nitrogens is 1. The summed E-state index contributed by atoms with van der Waals surface area (Å²) in [4.78, 5) is 16.4. The third kappa shape index (κ3) is 4.31. The van der Waals surface area contributed by atoms with Crippen molar-refractivity contribution in [2.24, 2.45) is 11.8 Å². The zero-order chi connectivity index (χ0) is 20.3. The van der Waals surface area contributed by atoms with Gasteiger partial charge in [-0.1, -0.05) is 6.92 Å². The summed E-state index contributed by atoms with van der Waals surface area (Å²) in [5.74, 6) is 0.244. The number of ether oxygens (including phenoxy) is 1. The number of pyridine rings is 1. The third-order valence-corrected chi connectivity index (χ3v) is 5.91. The largest absolute Gasteiger partial charge is 0.466 e. The average Bonchev–Trinajstić information content (AvgIpc) is 2.68. The van der Waals surface area contributed by atoms with Crippen LogP contribution in [0.1, 0.15) is 63.0 Å². The van der Waals surface area contributed by atoms with E-state index in [9.17, 15) is 18.0 Å². The molecule has 0 radical (unpaired) electrons. The molecule has 1 fully saturated rings. The number of carbonyl (C=O) groups is 1. The lowest BCUT2D eigenvalue weighted by Gasteiger charge is -2.33. The SMILES string of the molecule is CCOC(=O)C(CC)C1CCC(c2ccnc3ccc(C(F)(F)F)cc23)CC1. The lowest BCUT2D eigenvalue weighted by molar-refractivity contribution is -0.150. The molecule has 28 heavy (non-hydrogen) atoms. The lowest BCUT2D eigenvalue weighted by Crippen LogP contribution is -2.28. The number of nitrogens with zero attached hydrogens (tertiary/aromatic N) is 1. The standard InChI is InChI=1S/C22H26F3NO2/c1-3-17(21(27)28-4-2)14-5-7-15(8-6-14)18-11-12-26-20-10-9-16(13-19(18)20)22(23,24)25/h9-15,17H,3-8H2,1-2H3. The molecule has 3 nitrogen and oxygen atoms in total. The number of rotatable bonds is 5. The van der Waals surface area contributed by atoms with Crippen molar-refractivity contribution in [3.8, 4) is 0 Å². The number of fused-ring (bicyclic) bond motifs is 1. The summed E-state index contributed by atoms with van der Waals surface area (Å²) >= 11 is 0. The van der Waals surface area contributed by atoms with Gasteiger partial charge in [-0.2, -0.15) is 13.2 Å². The van der Waals surface area contributed by atoms with Gasteiger partial charge >= 0.3 is 12.1 Å². The maximum atomic E-state index is 13.1. The van der Waals surface area contributed by atoms with E-state index in [0.717, 1.165) is 43.7 Å². The van der Waals surface area contributed by atoms with Crippen LogP contribution in [-0.2, 0) is 15.7 Å². The first kappa shape index (κ1) is 20.6. The zero-order valence-corrected chi connectivity index (χ0v) is 16.3. The fraction of sp³-hybridized carbons (Fsp3) is 0.545. The highest BCUT2D eigenvalue weighted by Gasteiger charge is 2.34. The topological polar surface area (TPSA) is 39.2 Å². The lowest BCUT2D eigenvalue weighted by atomic mass is 9.72. The van der Waals surface area contributed by atoms with Crippen LogP contribution in [0.4, 0.5) is 13.2 Å². The minimum Gasteiger partial charge on any atom is -0.466 e. The second-order valence-electron chi connectivity index (χ2n) is 7.51. The molecule has 1 aromatic heterocycles. The normalized spacial score (nSPS) is 21.5. The maximum absolute atomic E-state index is 13.1. The zero-order valence-electron chi connectivity index (χ0n) is 16.3. The Kier molecular flexibility index (Phi) is 6.26. The van der Waals surface area contributed by atoms with Gasteiger partial charge in [0, 0.05) is 11.6 Å². The molecule has 1 unspecified atom stereocenters. The summed E-state index contributed by atoms with van der Waals surface area (Å²) in [6, 6.07) is 5.59. The van der Waals surface area contributed by atoms with Crippen molar-refractivity contribution in [3.63, 3.8) is 0 Å². The summed E-state index contributed by atoms with van der Waals surface area (Å²) < 4.78 is 44.6. The molecule has 1 aliphatic carbocycles. The Morgan fingerprint density at radius 1 is 1.18 bits per heavy atom. The molecule has 6 heteroatoms. The van der Waals surface area contributed by atoms with Crippen LogP contribution in [0, 0.1) is 11.8 Å². The highest BCUT2D eigenvalue weighted by Crippen LogP contribution is 2.42. The number of benzene rings is 1. The van der Waals surface area contributed by atoms with Crippen LogP contribution in [0.2, 0.25) is 0 Å². The van der Waals surface area contributed by atoms with E-state index in [-0.39, 0.29) is 23.7 Å². The van der Waals surface area contributed by atoms with Gasteiger partial charge in [-0.25, -0.2) is 0 Å². The Balaban J connectivity index is 1.80. The number of hydrogen-bond acceptors (Lipinski definition) is 3. The van der Waals surface area contributed by atoms with Gasteiger partial charge in [0.25, 0.3) is 0 Å². The number of carbonyl (C=O) groups excluding carboxylic acids is 1. The highest BCUT2D eigenvalue weighted by molar-refractivity contribution is 5.83. The van der Waals surface area contributed by atoms with Crippen LogP contribution in [-0.4, -0.2) is 17.6 Å². The monoisotopic (exact) mass is 393 g/mol. The second kappa shape index (κ2) is 8.50. The molecule has 0 spiro atoms. The Morgan fingerprint density at radius 3 is 2.50 bits per heavy atom. The maximum Gasteiger partial charge on any atom is 0.416 e. The Labute approximate surface area is 163 Å². The first-order valence-corrected chi connectivity index (χ1v) is 9.97. The Morgan fingerprint density at radius 2 is 1.89 bits per heavy atom. The van der Waals surface area contributed by atoms with E-state index in [2.05, 4.69) is 4.98 Å².